The quantitative estimate of drug-likeness (QED) is 0.209. The second kappa shape index (κ2) is 9.26. The van der Waals surface area contributed by atoms with Gasteiger partial charge in [0.15, 0.2) is 0 Å². The van der Waals surface area contributed by atoms with Crippen molar-refractivity contribution in [3.8, 4) is 44.8 Å². The van der Waals surface area contributed by atoms with Crippen molar-refractivity contribution in [1.29, 1.82) is 0 Å². The molecule has 0 saturated heterocycles. The van der Waals surface area contributed by atoms with Gasteiger partial charge in [-0.1, -0.05) is 147 Å². The molecule has 44 heavy (non-hydrogen) atoms. The Bertz CT molecular complexity index is 2400. The first-order valence-corrected chi connectivity index (χ1v) is 15.3. The molecule has 208 valence electrons. The molecule has 2 heterocycles. The van der Waals surface area contributed by atoms with E-state index >= 15 is 0 Å². The van der Waals surface area contributed by atoms with Crippen molar-refractivity contribution < 1.29 is 0 Å². The molecule has 6 aromatic carbocycles. The molecule has 0 spiro atoms. The van der Waals surface area contributed by atoms with Gasteiger partial charge in [-0.3, -0.25) is 0 Å². The van der Waals surface area contributed by atoms with E-state index in [1.165, 1.54) is 54.9 Å². The monoisotopic (exact) mass is 562 g/mol. The normalized spacial score (nSPS) is 13.4. The number of fused-ring (bicyclic) bond motifs is 7. The molecule has 1 aliphatic rings. The lowest BCUT2D eigenvalue weighted by Crippen LogP contribution is -2.14. The Balaban J connectivity index is 1.44. The van der Waals surface area contributed by atoms with Gasteiger partial charge in [-0.2, -0.15) is 5.10 Å². The van der Waals surface area contributed by atoms with Crippen LogP contribution in [0.3, 0.4) is 0 Å². The predicted octanol–water partition coefficient (Wildman–Crippen LogP) is 10.9. The van der Waals surface area contributed by atoms with Crippen LogP contribution in [0, 0.1) is 0 Å². The van der Waals surface area contributed by atoms with Crippen LogP contribution in [-0.4, -0.2) is 9.61 Å². The van der Waals surface area contributed by atoms with Gasteiger partial charge in [-0.15, -0.1) is 0 Å². The van der Waals surface area contributed by atoms with Gasteiger partial charge in [0.1, 0.15) is 5.69 Å². The van der Waals surface area contributed by atoms with Crippen LogP contribution in [0.5, 0.6) is 0 Å². The lowest BCUT2D eigenvalue weighted by atomic mass is 9.81. The molecule has 0 fully saturated rings. The number of nitrogens with zero attached hydrogens (tertiary/aromatic N) is 2. The van der Waals surface area contributed by atoms with E-state index < -0.39 is 0 Å². The molecule has 0 atom stereocenters. The Morgan fingerprint density at radius 1 is 0.500 bits per heavy atom. The van der Waals surface area contributed by atoms with Crippen molar-refractivity contribution >= 4 is 27.1 Å². The standard InChI is InChI=1S/C42H30N2/c1-42(2)36-22-11-10-20-33(36)34-24-23-30(25-37(34)42)39-40(35-21-12-17-27-13-6-8-18-31(27)35)43-44-38(28-14-4-3-5-15-28)26-29-16-7-9-19-32(29)41(39)44/h3-26H,1-2H3. The van der Waals surface area contributed by atoms with Crippen LogP contribution < -0.4 is 0 Å². The third-order valence-electron chi connectivity index (χ3n) is 9.61. The van der Waals surface area contributed by atoms with Gasteiger partial charge in [0.05, 0.1) is 11.2 Å². The molecular formula is C42H30N2. The highest BCUT2D eigenvalue weighted by Crippen LogP contribution is 2.51. The minimum Gasteiger partial charge on any atom is -0.231 e. The average Bonchev–Trinajstić information content (AvgIpc) is 3.58. The highest BCUT2D eigenvalue weighted by atomic mass is 15.2. The molecule has 0 saturated carbocycles. The Kier molecular flexibility index (Phi) is 5.28. The first-order chi connectivity index (χ1) is 21.6. The van der Waals surface area contributed by atoms with Crippen LogP contribution in [0.15, 0.2) is 146 Å². The zero-order valence-electron chi connectivity index (χ0n) is 24.8. The summed E-state index contributed by atoms with van der Waals surface area (Å²) < 4.78 is 2.19. The molecule has 0 radical (unpaired) electrons. The van der Waals surface area contributed by atoms with E-state index in [-0.39, 0.29) is 5.41 Å². The molecule has 0 aliphatic heterocycles. The van der Waals surface area contributed by atoms with Crippen LogP contribution in [0.1, 0.15) is 25.0 Å². The molecule has 8 aromatic rings. The van der Waals surface area contributed by atoms with E-state index in [0.29, 0.717) is 0 Å². The molecule has 2 nitrogen and oxygen atoms in total. The molecule has 9 rings (SSSR count). The minimum atomic E-state index is -0.0955. The number of rotatable bonds is 3. The van der Waals surface area contributed by atoms with Gasteiger partial charge >= 0.3 is 0 Å². The first-order valence-electron chi connectivity index (χ1n) is 15.3. The second-order valence-corrected chi connectivity index (χ2v) is 12.4. The molecule has 1 aliphatic carbocycles. The first kappa shape index (κ1) is 25.1. The summed E-state index contributed by atoms with van der Waals surface area (Å²) >= 11 is 0. The fraction of sp³-hybridized carbons (Fsp3) is 0.0714. The smallest absolute Gasteiger partial charge is 0.102 e. The van der Waals surface area contributed by atoms with Gasteiger partial charge < -0.3 is 0 Å². The summed E-state index contributed by atoms with van der Waals surface area (Å²) in [5, 5.41) is 10.3. The molecule has 0 bridgehead atoms. The topological polar surface area (TPSA) is 17.3 Å². The van der Waals surface area contributed by atoms with Crippen molar-refractivity contribution in [3.05, 3.63) is 157 Å². The lowest BCUT2D eigenvalue weighted by molar-refractivity contribution is 0.660. The van der Waals surface area contributed by atoms with E-state index in [4.69, 9.17) is 5.10 Å². The van der Waals surface area contributed by atoms with E-state index in [0.717, 1.165) is 28.0 Å². The minimum absolute atomic E-state index is 0.0955. The summed E-state index contributed by atoms with van der Waals surface area (Å²) in [6.45, 7) is 4.71. The SMILES string of the molecule is CC1(C)c2ccccc2-c2ccc(-c3c(-c4cccc5ccccc45)nn4c(-c5ccccc5)cc5ccccc5c34)cc21. The van der Waals surface area contributed by atoms with Crippen molar-refractivity contribution in [3.63, 3.8) is 0 Å². The molecule has 2 aromatic heterocycles. The molecule has 2 heteroatoms. The second-order valence-electron chi connectivity index (χ2n) is 12.4. The Hall–Kier alpha value is -5.47. The number of benzene rings is 6. The fourth-order valence-electron chi connectivity index (χ4n) is 7.46. The van der Waals surface area contributed by atoms with Gasteiger partial charge in [0.25, 0.3) is 0 Å². The molecular weight excluding hydrogens is 532 g/mol. The average molecular weight is 563 g/mol. The fourth-order valence-corrected chi connectivity index (χ4v) is 7.46. The molecule has 0 unspecified atom stereocenters. The van der Waals surface area contributed by atoms with E-state index in [1.54, 1.807) is 0 Å². The van der Waals surface area contributed by atoms with Crippen LogP contribution in [-0.2, 0) is 5.41 Å². The van der Waals surface area contributed by atoms with Gasteiger partial charge in [0, 0.05) is 27.5 Å². The van der Waals surface area contributed by atoms with E-state index in [2.05, 4.69) is 164 Å². The number of aromatic nitrogens is 2. The zero-order valence-corrected chi connectivity index (χ0v) is 24.8. The molecule has 0 N–H and O–H groups in total. The summed E-state index contributed by atoms with van der Waals surface area (Å²) in [6.07, 6.45) is 0. The Morgan fingerprint density at radius 2 is 1.16 bits per heavy atom. The van der Waals surface area contributed by atoms with E-state index in [1.807, 2.05) is 0 Å². The van der Waals surface area contributed by atoms with Crippen molar-refractivity contribution in [1.82, 2.24) is 9.61 Å². The number of hydrogen-bond acceptors (Lipinski definition) is 1. The number of pyridine rings is 1. The summed E-state index contributed by atoms with van der Waals surface area (Å²) in [5.74, 6) is 0. The van der Waals surface area contributed by atoms with Crippen LogP contribution in [0.4, 0.5) is 0 Å². The summed E-state index contributed by atoms with van der Waals surface area (Å²) in [5.41, 5.74) is 13.2. The van der Waals surface area contributed by atoms with Crippen molar-refractivity contribution in [2.45, 2.75) is 19.3 Å². The highest BCUT2D eigenvalue weighted by Gasteiger charge is 2.36. The van der Waals surface area contributed by atoms with Gasteiger partial charge in [-0.25, -0.2) is 4.52 Å². The molecule has 0 amide bonds. The largest absolute Gasteiger partial charge is 0.231 e. The van der Waals surface area contributed by atoms with E-state index in [9.17, 15) is 0 Å². The van der Waals surface area contributed by atoms with Crippen molar-refractivity contribution in [2.75, 3.05) is 0 Å². The third kappa shape index (κ3) is 3.52. The summed E-state index contributed by atoms with van der Waals surface area (Å²) in [7, 11) is 0. The Labute approximate surface area is 256 Å². The summed E-state index contributed by atoms with van der Waals surface area (Å²) in [4.78, 5) is 0. The van der Waals surface area contributed by atoms with Gasteiger partial charge in [0.2, 0.25) is 0 Å². The maximum Gasteiger partial charge on any atom is 0.102 e. The third-order valence-corrected chi connectivity index (χ3v) is 9.61. The lowest BCUT2D eigenvalue weighted by Gasteiger charge is -2.22. The summed E-state index contributed by atoms with van der Waals surface area (Å²) in [6, 6.07) is 52.8. The van der Waals surface area contributed by atoms with Crippen LogP contribution in [0.25, 0.3) is 71.8 Å². The highest BCUT2D eigenvalue weighted by molar-refractivity contribution is 6.11. The maximum atomic E-state index is 5.52. The van der Waals surface area contributed by atoms with Gasteiger partial charge in [-0.05, 0) is 56.1 Å². The van der Waals surface area contributed by atoms with Crippen LogP contribution in [0.2, 0.25) is 0 Å². The predicted molar refractivity (Wildman–Crippen MR) is 184 cm³/mol. The number of hydrogen-bond donors (Lipinski definition) is 0. The zero-order chi connectivity index (χ0) is 29.4. The van der Waals surface area contributed by atoms with Crippen LogP contribution >= 0.6 is 0 Å². The maximum absolute atomic E-state index is 5.52. The van der Waals surface area contributed by atoms with Crippen molar-refractivity contribution in [2.24, 2.45) is 0 Å². The Morgan fingerprint density at radius 3 is 2.02 bits per heavy atom.